The van der Waals surface area contributed by atoms with Gasteiger partial charge in [0.1, 0.15) is 5.60 Å². The highest BCUT2D eigenvalue weighted by atomic mass is 16.6. The molecule has 17 heavy (non-hydrogen) atoms. The van der Waals surface area contributed by atoms with Crippen LogP contribution in [0.5, 0.6) is 0 Å². The Bertz CT molecular complexity index is 384. The smallest absolute Gasteiger partial charge is 0.309 e. The van der Waals surface area contributed by atoms with Gasteiger partial charge in [0, 0.05) is 18.3 Å². The molecule has 0 bridgehead atoms. The molecule has 2 heteroatoms. The standard InChI is InChI=1S/C15H22O2/c1-9-4-6-12-10(2)5-7-13-11(3)14(16)17-15(12,13)8-9/h4,10-13H,5-8H2,1-3H3/t10-,11+,12+,13+,15-/m1/s1. The lowest BCUT2D eigenvalue weighted by atomic mass is 9.57. The minimum absolute atomic E-state index is 0.0452. The van der Waals surface area contributed by atoms with E-state index in [4.69, 9.17) is 4.74 Å². The topological polar surface area (TPSA) is 26.3 Å². The number of carbonyl (C=O) groups is 1. The first kappa shape index (κ1) is 11.3. The zero-order valence-electron chi connectivity index (χ0n) is 11.0. The van der Waals surface area contributed by atoms with Gasteiger partial charge in [0.2, 0.25) is 0 Å². The maximum atomic E-state index is 12.0. The highest BCUT2D eigenvalue weighted by molar-refractivity contribution is 5.76. The second kappa shape index (κ2) is 3.60. The summed E-state index contributed by atoms with van der Waals surface area (Å²) >= 11 is 0. The highest BCUT2D eigenvalue weighted by Gasteiger charge is 2.60. The van der Waals surface area contributed by atoms with Gasteiger partial charge in [0.25, 0.3) is 0 Å². The normalized spacial score (nSPS) is 49.1. The lowest BCUT2D eigenvalue weighted by Crippen LogP contribution is -2.51. The van der Waals surface area contributed by atoms with Gasteiger partial charge in [-0.05, 0) is 32.1 Å². The van der Waals surface area contributed by atoms with Crippen molar-refractivity contribution in [3.05, 3.63) is 11.6 Å². The van der Waals surface area contributed by atoms with Gasteiger partial charge in [-0.2, -0.15) is 0 Å². The van der Waals surface area contributed by atoms with Crippen LogP contribution in [0, 0.1) is 23.7 Å². The number of esters is 1. The summed E-state index contributed by atoms with van der Waals surface area (Å²) in [6, 6.07) is 0. The molecule has 1 aliphatic heterocycles. The number of hydrogen-bond donors (Lipinski definition) is 0. The zero-order valence-corrected chi connectivity index (χ0v) is 11.0. The Labute approximate surface area is 103 Å². The number of hydrogen-bond acceptors (Lipinski definition) is 2. The zero-order chi connectivity index (χ0) is 12.2. The van der Waals surface area contributed by atoms with Crippen LogP contribution in [-0.4, -0.2) is 11.6 Å². The van der Waals surface area contributed by atoms with E-state index in [9.17, 15) is 4.79 Å². The molecule has 1 heterocycles. The predicted molar refractivity (Wildman–Crippen MR) is 66.4 cm³/mol. The largest absolute Gasteiger partial charge is 0.458 e. The van der Waals surface area contributed by atoms with Crippen LogP contribution < -0.4 is 0 Å². The average molecular weight is 234 g/mol. The van der Waals surface area contributed by atoms with E-state index in [1.165, 1.54) is 12.0 Å². The molecule has 2 fully saturated rings. The molecule has 0 aromatic heterocycles. The van der Waals surface area contributed by atoms with E-state index in [1.54, 1.807) is 0 Å². The van der Waals surface area contributed by atoms with Gasteiger partial charge in [-0.1, -0.05) is 25.5 Å². The minimum Gasteiger partial charge on any atom is -0.458 e. The third-order valence-corrected chi connectivity index (χ3v) is 5.42. The van der Waals surface area contributed by atoms with Crippen molar-refractivity contribution >= 4 is 5.97 Å². The molecular weight excluding hydrogens is 212 g/mol. The Morgan fingerprint density at radius 3 is 2.82 bits per heavy atom. The predicted octanol–water partition coefficient (Wildman–Crippen LogP) is 3.32. The Balaban J connectivity index is 2.04. The fourth-order valence-electron chi connectivity index (χ4n) is 4.48. The van der Waals surface area contributed by atoms with Crippen molar-refractivity contribution in [3.8, 4) is 0 Å². The first-order valence-electron chi connectivity index (χ1n) is 6.93. The second-order valence-electron chi connectivity index (χ2n) is 6.40. The van der Waals surface area contributed by atoms with Crippen LogP contribution >= 0.6 is 0 Å². The molecule has 2 nitrogen and oxygen atoms in total. The molecule has 0 unspecified atom stereocenters. The number of allylic oxidation sites excluding steroid dienone is 1. The van der Waals surface area contributed by atoms with E-state index in [0.717, 1.165) is 19.3 Å². The Hall–Kier alpha value is -0.790. The van der Waals surface area contributed by atoms with Gasteiger partial charge >= 0.3 is 5.97 Å². The summed E-state index contributed by atoms with van der Waals surface area (Å²) in [7, 11) is 0. The molecule has 94 valence electrons. The van der Waals surface area contributed by atoms with Crippen molar-refractivity contribution in [1.82, 2.24) is 0 Å². The molecule has 0 aromatic carbocycles. The van der Waals surface area contributed by atoms with Gasteiger partial charge in [-0.3, -0.25) is 4.79 Å². The van der Waals surface area contributed by atoms with Crippen LogP contribution in [0.2, 0.25) is 0 Å². The summed E-state index contributed by atoms with van der Waals surface area (Å²) in [5.74, 6) is 1.85. The average Bonchev–Trinajstić information content (AvgIpc) is 2.50. The van der Waals surface area contributed by atoms with Crippen LogP contribution in [0.1, 0.15) is 46.5 Å². The molecule has 3 aliphatic rings. The van der Waals surface area contributed by atoms with Gasteiger partial charge in [-0.15, -0.1) is 0 Å². The molecule has 1 spiro atoms. The van der Waals surface area contributed by atoms with E-state index >= 15 is 0 Å². The molecule has 1 saturated heterocycles. The van der Waals surface area contributed by atoms with Crippen molar-refractivity contribution in [2.75, 3.05) is 0 Å². The van der Waals surface area contributed by atoms with Crippen LogP contribution in [0.3, 0.4) is 0 Å². The first-order chi connectivity index (χ1) is 8.04. The number of ether oxygens (including phenoxy) is 1. The van der Waals surface area contributed by atoms with Gasteiger partial charge < -0.3 is 4.74 Å². The summed E-state index contributed by atoms with van der Waals surface area (Å²) in [6.07, 6.45) is 6.85. The Kier molecular flexibility index (Phi) is 2.39. The fraction of sp³-hybridized carbons (Fsp3) is 0.800. The molecule has 0 radical (unpaired) electrons. The minimum atomic E-state index is -0.146. The summed E-state index contributed by atoms with van der Waals surface area (Å²) in [4.78, 5) is 12.0. The van der Waals surface area contributed by atoms with Crippen molar-refractivity contribution in [2.45, 2.75) is 52.1 Å². The van der Waals surface area contributed by atoms with E-state index in [0.29, 0.717) is 17.8 Å². The van der Waals surface area contributed by atoms with Crippen molar-refractivity contribution in [2.24, 2.45) is 23.7 Å². The maximum Gasteiger partial charge on any atom is 0.309 e. The summed E-state index contributed by atoms with van der Waals surface area (Å²) in [6.45, 7) is 6.56. The summed E-state index contributed by atoms with van der Waals surface area (Å²) in [5, 5.41) is 0. The molecule has 3 rings (SSSR count). The lowest BCUT2D eigenvalue weighted by molar-refractivity contribution is -0.162. The molecule has 5 atom stereocenters. The molecule has 0 aromatic rings. The van der Waals surface area contributed by atoms with Crippen molar-refractivity contribution in [3.63, 3.8) is 0 Å². The number of carbonyl (C=O) groups excluding carboxylic acids is 1. The molecular formula is C15H22O2. The van der Waals surface area contributed by atoms with E-state index in [1.807, 2.05) is 0 Å². The van der Waals surface area contributed by atoms with Gasteiger partial charge in [0.15, 0.2) is 0 Å². The molecule has 2 aliphatic carbocycles. The third-order valence-electron chi connectivity index (χ3n) is 5.42. The van der Waals surface area contributed by atoms with E-state index in [-0.39, 0.29) is 17.5 Å². The first-order valence-corrected chi connectivity index (χ1v) is 6.93. The van der Waals surface area contributed by atoms with Crippen molar-refractivity contribution in [1.29, 1.82) is 0 Å². The van der Waals surface area contributed by atoms with E-state index < -0.39 is 0 Å². The highest BCUT2D eigenvalue weighted by Crippen LogP contribution is 2.57. The summed E-state index contributed by atoms with van der Waals surface area (Å²) in [5.41, 5.74) is 1.26. The fourth-order valence-corrected chi connectivity index (χ4v) is 4.48. The van der Waals surface area contributed by atoms with Crippen LogP contribution in [0.15, 0.2) is 11.6 Å². The second-order valence-corrected chi connectivity index (χ2v) is 6.40. The maximum absolute atomic E-state index is 12.0. The third kappa shape index (κ3) is 1.42. The lowest BCUT2D eigenvalue weighted by Gasteiger charge is -2.49. The van der Waals surface area contributed by atoms with Gasteiger partial charge in [-0.25, -0.2) is 0 Å². The van der Waals surface area contributed by atoms with Gasteiger partial charge in [0.05, 0.1) is 5.92 Å². The van der Waals surface area contributed by atoms with Crippen LogP contribution in [0.4, 0.5) is 0 Å². The quantitative estimate of drug-likeness (QED) is 0.475. The SMILES string of the molecule is CC1=CC[C@H]2[C@H](C)CC[C@H]3[C@H](C)C(=O)O[C@]23C1. The monoisotopic (exact) mass is 234 g/mol. The number of rotatable bonds is 0. The van der Waals surface area contributed by atoms with Crippen LogP contribution in [0.25, 0.3) is 0 Å². The Morgan fingerprint density at radius 2 is 2.06 bits per heavy atom. The Morgan fingerprint density at radius 1 is 1.29 bits per heavy atom. The molecule has 1 saturated carbocycles. The van der Waals surface area contributed by atoms with Crippen LogP contribution in [-0.2, 0) is 9.53 Å². The van der Waals surface area contributed by atoms with E-state index in [2.05, 4.69) is 26.8 Å². The summed E-state index contributed by atoms with van der Waals surface area (Å²) < 4.78 is 5.93. The molecule has 0 N–H and O–H groups in total. The molecule has 0 amide bonds. The van der Waals surface area contributed by atoms with Crippen molar-refractivity contribution < 1.29 is 9.53 Å².